The molecule has 0 aromatic carbocycles. The molecular weight excluding hydrogens is 282 g/mol. The molecule has 0 bridgehead atoms. The number of ether oxygens (including phenoxy) is 1. The third-order valence-electron chi connectivity index (χ3n) is 2.91. The molecule has 0 amide bonds. The standard InChI is InChI=1S/C12H23N3O4S/c1-6-15(8-10(2)7-13)20(17,18)14(4)9-11(3)12(16)19-5/h10-11H,6,8-9H2,1-5H3. The molecule has 2 unspecified atom stereocenters. The lowest BCUT2D eigenvalue weighted by Gasteiger charge is -2.28. The summed E-state index contributed by atoms with van der Waals surface area (Å²) in [4.78, 5) is 11.3. The highest BCUT2D eigenvalue weighted by atomic mass is 32.2. The second kappa shape index (κ2) is 8.19. The quantitative estimate of drug-likeness (QED) is 0.607. The van der Waals surface area contributed by atoms with Crippen LogP contribution in [0.15, 0.2) is 0 Å². The summed E-state index contributed by atoms with van der Waals surface area (Å²) in [6.07, 6.45) is 0. The smallest absolute Gasteiger partial charge is 0.309 e. The fourth-order valence-corrected chi connectivity index (χ4v) is 3.23. The lowest BCUT2D eigenvalue weighted by atomic mass is 10.2. The molecule has 0 saturated carbocycles. The van der Waals surface area contributed by atoms with Crippen LogP contribution in [0.3, 0.4) is 0 Å². The van der Waals surface area contributed by atoms with Gasteiger partial charge in [0.15, 0.2) is 0 Å². The van der Waals surface area contributed by atoms with E-state index in [0.29, 0.717) is 0 Å². The molecule has 7 nitrogen and oxygen atoms in total. The predicted octanol–water partition coefficient (Wildman–Crippen LogP) is 0.454. The normalized spacial score (nSPS) is 14.9. The summed E-state index contributed by atoms with van der Waals surface area (Å²) in [6, 6.07) is 2.01. The van der Waals surface area contributed by atoms with Crippen molar-refractivity contribution in [1.82, 2.24) is 8.61 Å². The third kappa shape index (κ3) is 5.07. The van der Waals surface area contributed by atoms with Gasteiger partial charge in [-0.15, -0.1) is 0 Å². The number of methoxy groups -OCH3 is 1. The van der Waals surface area contributed by atoms with Gasteiger partial charge in [-0.25, -0.2) is 0 Å². The Morgan fingerprint density at radius 2 is 1.90 bits per heavy atom. The van der Waals surface area contributed by atoms with Gasteiger partial charge in [0.2, 0.25) is 0 Å². The fraction of sp³-hybridized carbons (Fsp3) is 0.833. The highest BCUT2D eigenvalue weighted by Gasteiger charge is 2.29. The van der Waals surface area contributed by atoms with Gasteiger partial charge >= 0.3 is 5.97 Å². The van der Waals surface area contributed by atoms with E-state index >= 15 is 0 Å². The number of nitriles is 1. The Bertz CT molecular complexity index is 458. The van der Waals surface area contributed by atoms with Crippen LogP contribution in [0.1, 0.15) is 20.8 Å². The first-order valence-electron chi connectivity index (χ1n) is 6.39. The molecular formula is C12H23N3O4S. The maximum Gasteiger partial charge on any atom is 0.309 e. The van der Waals surface area contributed by atoms with Crippen LogP contribution in [0, 0.1) is 23.2 Å². The number of rotatable bonds is 8. The fourth-order valence-electron chi connectivity index (χ4n) is 1.69. The molecule has 0 rings (SSSR count). The maximum atomic E-state index is 12.3. The molecule has 116 valence electrons. The van der Waals surface area contributed by atoms with Gasteiger partial charge in [-0.3, -0.25) is 4.79 Å². The Morgan fingerprint density at radius 3 is 2.30 bits per heavy atom. The van der Waals surface area contributed by atoms with Crippen molar-refractivity contribution >= 4 is 16.2 Å². The molecule has 0 radical (unpaired) electrons. The second-order valence-corrected chi connectivity index (χ2v) is 6.73. The molecule has 0 spiro atoms. The van der Waals surface area contributed by atoms with Crippen molar-refractivity contribution in [3.63, 3.8) is 0 Å². The molecule has 0 aromatic heterocycles. The van der Waals surface area contributed by atoms with Crippen LogP contribution in [-0.2, 0) is 19.7 Å². The van der Waals surface area contributed by atoms with Crippen LogP contribution >= 0.6 is 0 Å². The summed E-state index contributed by atoms with van der Waals surface area (Å²) < 4.78 is 31.6. The molecule has 0 aliphatic heterocycles. The zero-order chi connectivity index (χ0) is 15.9. The van der Waals surface area contributed by atoms with E-state index in [1.165, 1.54) is 18.5 Å². The number of hydrogen-bond acceptors (Lipinski definition) is 5. The van der Waals surface area contributed by atoms with Gasteiger partial charge in [-0.1, -0.05) is 13.8 Å². The summed E-state index contributed by atoms with van der Waals surface area (Å²) in [7, 11) is -1.01. The van der Waals surface area contributed by atoms with Gasteiger partial charge < -0.3 is 4.74 Å². The van der Waals surface area contributed by atoms with Crippen LogP contribution in [0.2, 0.25) is 0 Å². The minimum Gasteiger partial charge on any atom is -0.469 e. The molecule has 20 heavy (non-hydrogen) atoms. The van der Waals surface area contributed by atoms with Gasteiger partial charge in [0.25, 0.3) is 10.2 Å². The topological polar surface area (TPSA) is 90.7 Å². The van der Waals surface area contributed by atoms with E-state index in [2.05, 4.69) is 4.74 Å². The highest BCUT2D eigenvalue weighted by Crippen LogP contribution is 2.12. The SMILES string of the molecule is CCN(CC(C)C#N)S(=O)(=O)N(C)CC(C)C(=O)OC. The number of hydrogen-bond donors (Lipinski definition) is 0. The van der Waals surface area contributed by atoms with E-state index in [1.54, 1.807) is 20.8 Å². The molecule has 0 N–H and O–H groups in total. The summed E-state index contributed by atoms with van der Waals surface area (Å²) in [5.74, 6) is -1.40. The number of esters is 1. The average molecular weight is 305 g/mol. The summed E-state index contributed by atoms with van der Waals surface area (Å²) in [6.45, 7) is 5.41. The number of carbonyl (C=O) groups is 1. The van der Waals surface area contributed by atoms with E-state index in [4.69, 9.17) is 5.26 Å². The zero-order valence-corrected chi connectivity index (χ0v) is 13.5. The van der Waals surface area contributed by atoms with Crippen molar-refractivity contribution in [1.29, 1.82) is 5.26 Å². The largest absolute Gasteiger partial charge is 0.469 e. The maximum absolute atomic E-state index is 12.3. The second-order valence-electron chi connectivity index (χ2n) is 4.69. The first-order valence-corrected chi connectivity index (χ1v) is 7.79. The van der Waals surface area contributed by atoms with Gasteiger partial charge in [0.05, 0.1) is 25.0 Å². The lowest BCUT2D eigenvalue weighted by molar-refractivity contribution is -0.145. The first kappa shape index (κ1) is 18.8. The van der Waals surface area contributed by atoms with Gasteiger partial charge in [-0.2, -0.15) is 22.3 Å². The highest BCUT2D eigenvalue weighted by molar-refractivity contribution is 7.86. The molecule has 0 heterocycles. The Kier molecular flexibility index (Phi) is 7.71. The van der Waals surface area contributed by atoms with E-state index in [1.807, 2.05) is 6.07 Å². The molecule has 0 aliphatic rings. The molecule has 8 heteroatoms. The third-order valence-corrected chi connectivity index (χ3v) is 4.90. The molecule has 0 fully saturated rings. The van der Waals surface area contributed by atoms with Gasteiger partial charge in [-0.05, 0) is 6.92 Å². The summed E-state index contributed by atoms with van der Waals surface area (Å²) in [5, 5.41) is 8.79. The number of carbonyl (C=O) groups excluding carboxylic acids is 1. The minimum absolute atomic E-state index is 0.0342. The molecule has 0 aromatic rings. The van der Waals surface area contributed by atoms with E-state index in [0.717, 1.165) is 4.31 Å². The van der Waals surface area contributed by atoms with Crippen LogP contribution in [-0.4, -0.2) is 56.8 Å². The van der Waals surface area contributed by atoms with Crippen molar-refractivity contribution in [3.8, 4) is 6.07 Å². The van der Waals surface area contributed by atoms with Crippen LogP contribution in [0.25, 0.3) is 0 Å². The van der Waals surface area contributed by atoms with Crippen LogP contribution in [0.4, 0.5) is 0 Å². The average Bonchev–Trinajstić information content (AvgIpc) is 2.42. The molecule has 0 aliphatic carbocycles. The van der Waals surface area contributed by atoms with E-state index in [9.17, 15) is 13.2 Å². The van der Waals surface area contributed by atoms with Gasteiger partial charge in [0, 0.05) is 26.7 Å². The number of nitrogens with zero attached hydrogens (tertiary/aromatic N) is 3. The van der Waals surface area contributed by atoms with Crippen LogP contribution < -0.4 is 0 Å². The predicted molar refractivity (Wildman–Crippen MR) is 74.8 cm³/mol. The Hall–Kier alpha value is -1.17. The van der Waals surface area contributed by atoms with Crippen molar-refractivity contribution in [3.05, 3.63) is 0 Å². The van der Waals surface area contributed by atoms with Crippen LogP contribution in [0.5, 0.6) is 0 Å². The minimum atomic E-state index is -3.69. The van der Waals surface area contributed by atoms with E-state index < -0.39 is 28.0 Å². The first-order chi connectivity index (χ1) is 9.20. The van der Waals surface area contributed by atoms with Gasteiger partial charge in [0.1, 0.15) is 0 Å². The monoisotopic (exact) mass is 305 g/mol. The van der Waals surface area contributed by atoms with Crippen molar-refractivity contribution in [2.45, 2.75) is 20.8 Å². The summed E-state index contributed by atoms with van der Waals surface area (Å²) >= 11 is 0. The van der Waals surface area contributed by atoms with Crippen molar-refractivity contribution in [2.24, 2.45) is 11.8 Å². The van der Waals surface area contributed by atoms with Crippen molar-refractivity contribution in [2.75, 3.05) is 33.8 Å². The van der Waals surface area contributed by atoms with Crippen molar-refractivity contribution < 1.29 is 17.9 Å². The Morgan fingerprint density at radius 1 is 1.35 bits per heavy atom. The Balaban J connectivity index is 4.92. The van der Waals surface area contributed by atoms with E-state index in [-0.39, 0.29) is 19.6 Å². The lowest BCUT2D eigenvalue weighted by Crippen LogP contribution is -2.45. The molecule has 2 atom stereocenters. The molecule has 0 saturated heterocycles. The Labute approximate surface area is 121 Å². The summed E-state index contributed by atoms with van der Waals surface area (Å²) in [5.41, 5.74) is 0. The zero-order valence-electron chi connectivity index (χ0n) is 12.7.